The van der Waals surface area contributed by atoms with Crippen molar-refractivity contribution in [2.75, 3.05) is 25.0 Å². The van der Waals surface area contributed by atoms with Gasteiger partial charge in [-0.05, 0) is 28.8 Å². The first kappa shape index (κ1) is 78.6. The first-order valence-electron chi connectivity index (χ1n) is 17.1. The van der Waals surface area contributed by atoms with E-state index in [1.807, 2.05) is 115 Å². The third-order valence-corrected chi connectivity index (χ3v) is 6.59. The van der Waals surface area contributed by atoms with Crippen molar-refractivity contribution >= 4 is 73.1 Å². The molecule has 0 saturated heterocycles. The van der Waals surface area contributed by atoms with Crippen molar-refractivity contribution in [2.24, 2.45) is 0 Å². The van der Waals surface area contributed by atoms with Crippen molar-refractivity contribution in [2.45, 2.75) is 18.5 Å². The average Bonchev–Trinajstić information content (AvgIpc) is 3.26. The Morgan fingerprint density at radius 2 is 0.683 bits per heavy atom. The molecule has 0 amide bonds. The van der Waals surface area contributed by atoms with Crippen LogP contribution >= 0.6 is 32.9 Å². The van der Waals surface area contributed by atoms with Crippen LogP contribution in [-0.2, 0) is 40.1 Å². The minimum Gasteiger partial charge on any atom is -0.478 e. The van der Waals surface area contributed by atoms with Gasteiger partial charge in [0.25, 0.3) is 0 Å². The number of carboxylic acid groups (broad SMARTS) is 1. The zero-order chi connectivity index (χ0) is 42.9. The molecule has 6 aromatic rings. The number of aromatic carboxylic acids is 1. The number of halogens is 2. The summed E-state index contributed by atoms with van der Waals surface area (Å²) in [5.41, 5.74) is 5.05. The standard InChI is InChI=1S/C7H7Br.C7H6O2.2C7H8O.2C7H6O.2C2H6OS.BrH.2K.3H2O/c8-6-7-4-2-1-3-5-7;8-7(9)6-4-2-1-3-5-6;4*8-6-7-4-2-1-3-5-7;2*1-4(2)3;;;;;;/h1-5H,6H2;1-5H,(H,8,9);2*1-5,8H,6H2;2*1-6H;2*1-2H3;1H;;;3*1H2/q;;;;;;;;;2*+1;;;. The third kappa shape index (κ3) is 56.5. The summed E-state index contributed by atoms with van der Waals surface area (Å²) >= 11 is 3.36. The molecule has 11 nitrogen and oxygen atoms in total. The third-order valence-electron chi connectivity index (χ3n) is 5.94. The second-order valence-corrected chi connectivity index (χ2v) is 14.6. The molecule has 0 bridgehead atoms. The first-order chi connectivity index (χ1) is 27.4. The topological polar surface area (TPSA) is 241 Å². The average molecular weight is 1090 g/mol. The first-order valence-corrected chi connectivity index (χ1v) is 22.2. The molecule has 6 rings (SSSR count). The molecule has 63 heavy (non-hydrogen) atoms. The molecule has 0 aliphatic heterocycles. The van der Waals surface area contributed by atoms with Gasteiger partial charge in [0.2, 0.25) is 0 Å². The summed E-state index contributed by atoms with van der Waals surface area (Å²) in [7, 11) is -1.22. The number of hydrogen-bond donors (Lipinski definition) is 3. The van der Waals surface area contributed by atoms with Gasteiger partial charge in [0.1, 0.15) is 12.6 Å². The van der Waals surface area contributed by atoms with E-state index >= 15 is 0 Å². The minimum atomic E-state index is -0.879. The molecule has 0 atom stereocenters. The van der Waals surface area contributed by atoms with E-state index in [0.717, 1.165) is 40.2 Å². The molecule has 0 saturated carbocycles. The number of benzene rings is 6. The molecule has 0 aliphatic carbocycles. The molecule has 9 N–H and O–H groups in total. The van der Waals surface area contributed by atoms with E-state index < -0.39 is 27.6 Å². The summed E-state index contributed by atoms with van der Waals surface area (Å²) in [6.45, 7) is 0.279. The van der Waals surface area contributed by atoms with Gasteiger partial charge in [-0.15, -0.1) is 17.0 Å². The molecule has 0 unspecified atom stereocenters. The second kappa shape index (κ2) is 58.5. The summed E-state index contributed by atoms with van der Waals surface area (Å²) in [5.74, 6) is -0.879. The number of hydrogen-bond acceptors (Lipinski definition) is 7. The maximum Gasteiger partial charge on any atom is 1.00 e. The van der Waals surface area contributed by atoms with Crippen molar-refractivity contribution in [3.8, 4) is 0 Å². The normalized spacial score (nSPS) is 8.02. The molecule has 0 radical (unpaired) electrons. The Morgan fingerprint density at radius 3 is 0.810 bits per heavy atom. The number of carboxylic acids is 1. The number of rotatable bonds is 6. The number of alkyl halides is 1. The smallest absolute Gasteiger partial charge is 0.478 e. The fourth-order valence-corrected chi connectivity index (χ4v) is 3.75. The van der Waals surface area contributed by atoms with Crippen LogP contribution in [0.5, 0.6) is 0 Å². The zero-order valence-corrected chi connectivity index (χ0v) is 47.8. The minimum absolute atomic E-state index is 0. The van der Waals surface area contributed by atoms with Gasteiger partial charge in [0.05, 0.1) is 18.8 Å². The Hall–Kier alpha value is -1.54. The van der Waals surface area contributed by atoms with Gasteiger partial charge in [-0.1, -0.05) is 186 Å². The van der Waals surface area contributed by atoms with Crippen molar-refractivity contribution in [1.29, 1.82) is 0 Å². The Labute approximate surface area is 482 Å². The van der Waals surface area contributed by atoms with Gasteiger partial charge in [-0.25, -0.2) is 4.79 Å². The van der Waals surface area contributed by atoms with Crippen LogP contribution in [-0.4, -0.2) is 83.7 Å². The molecule has 336 valence electrons. The predicted octanol–water partition coefficient (Wildman–Crippen LogP) is 1.42. The Kier molecular flexibility index (Phi) is 73.0. The van der Waals surface area contributed by atoms with Gasteiger partial charge in [0, 0.05) is 63.1 Å². The fraction of sp³-hybridized carbons (Fsp3) is 0.152. The molecule has 0 spiro atoms. The van der Waals surface area contributed by atoms with E-state index in [9.17, 15) is 22.8 Å². The number of aliphatic hydroxyl groups excluding tert-OH is 2. The number of carbonyl (C=O) groups is 3. The molecule has 0 heterocycles. The van der Waals surface area contributed by atoms with Gasteiger partial charge in [-0.2, -0.15) is 0 Å². The van der Waals surface area contributed by atoms with Crippen LogP contribution in [0.15, 0.2) is 182 Å². The molecule has 0 aromatic heterocycles. The monoisotopic (exact) mass is 1090 g/mol. The van der Waals surface area contributed by atoms with Crippen LogP contribution in [0.4, 0.5) is 0 Å². The van der Waals surface area contributed by atoms with Crippen LogP contribution in [0.1, 0.15) is 47.8 Å². The molecule has 17 heteroatoms. The summed E-state index contributed by atoms with van der Waals surface area (Å²) in [6, 6.07) is 55.8. The summed E-state index contributed by atoms with van der Waals surface area (Å²) in [5, 5.41) is 26.4. The summed E-state index contributed by atoms with van der Waals surface area (Å²) in [6.07, 6.45) is 8.22. The van der Waals surface area contributed by atoms with Crippen molar-refractivity contribution < 1.29 is 157 Å². The largest absolute Gasteiger partial charge is 1.00 e. The summed E-state index contributed by atoms with van der Waals surface area (Å²) < 4.78 is 19.1. The number of aliphatic hydroxyl groups is 2. The van der Waals surface area contributed by atoms with E-state index in [1.165, 1.54) is 5.56 Å². The Morgan fingerprint density at radius 1 is 0.476 bits per heavy atom. The van der Waals surface area contributed by atoms with Gasteiger partial charge >= 0.3 is 109 Å². The van der Waals surface area contributed by atoms with Gasteiger partial charge < -0.3 is 31.7 Å². The van der Waals surface area contributed by atoms with Crippen molar-refractivity contribution in [1.82, 2.24) is 0 Å². The van der Waals surface area contributed by atoms with Crippen molar-refractivity contribution in [3.05, 3.63) is 215 Å². The van der Waals surface area contributed by atoms with E-state index in [2.05, 4.69) is 28.1 Å². The van der Waals surface area contributed by atoms with Crippen LogP contribution in [0.25, 0.3) is 0 Å². The summed E-state index contributed by atoms with van der Waals surface area (Å²) in [4.78, 5) is 30.2. The van der Waals surface area contributed by atoms with Crippen LogP contribution in [0.2, 0.25) is 0 Å². The van der Waals surface area contributed by atoms with Crippen LogP contribution in [0.3, 0.4) is 0 Å². The Bertz CT molecular complexity index is 1720. The molecule has 0 aliphatic rings. The molecular weight excluding hydrogens is 1030 g/mol. The quantitative estimate of drug-likeness (QED) is 0.125. The van der Waals surface area contributed by atoms with Gasteiger partial charge in [-0.3, -0.25) is 18.0 Å². The van der Waals surface area contributed by atoms with Crippen LogP contribution in [0, 0.1) is 0 Å². The van der Waals surface area contributed by atoms with E-state index in [-0.39, 0.29) is 149 Å². The maximum absolute atomic E-state index is 10.2. The Balaban J connectivity index is -0.0000000913. The van der Waals surface area contributed by atoms with Gasteiger partial charge in [0.15, 0.2) is 0 Å². The number of carbonyl (C=O) groups excluding carboxylic acids is 2. The molecule has 0 fully saturated rings. The maximum atomic E-state index is 10.2. The predicted molar refractivity (Wildman–Crippen MR) is 262 cm³/mol. The van der Waals surface area contributed by atoms with Crippen LogP contribution < -0.4 is 103 Å². The van der Waals surface area contributed by atoms with E-state index in [0.29, 0.717) is 5.56 Å². The second-order valence-electron chi connectivity index (χ2n) is 11.1. The molecular formula is C46H60Br2K2O11S2+2. The molecule has 6 aromatic carbocycles. The fourth-order valence-electron chi connectivity index (χ4n) is 3.38. The van der Waals surface area contributed by atoms with Crippen molar-refractivity contribution in [3.63, 3.8) is 0 Å². The SMILES string of the molecule is Br.BrCc1ccccc1.CS(C)=O.CS(C)=O.O.O.O.O=C(O)c1ccccc1.O=Cc1ccccc1.O=Cc1ccccc1.OCc1ccccc1.OCc1ccccc1.[K+].[K+]. The van der Waals surface area contributed by atoms with E-state index in [4.69, 9.17) is 15.3 Å². The zero-order valence-electron chi connectivity index (χ0n) is 36.6. The number of aldehydes is 2. The van der Waals surface area contributed by atoms with E-state index in [1.54, 1.807) is 79.6 Å².